The van der Waals surface area contributed by atoms with E-state index in [4.69, 9.17) is 10.6 Å². The van der Waals surface area contributed by atoms with Crippen LogP contribution in [0.1, 0.15) is 11.3 Å². The topological polar surface area (TPSA) is 104 Å². The molecule has 3 rings (SSSR count). The first-order valence-corrected chi connectivity index (χ1v) is 6.92. The zero-order chi connectivity index (χ0) is 16.1. The van der Waals surface area contributed by atoms with Gasteiger partial charge in [-0.05, 0) is 22.6 Å². The monoisotopic (exact) mass is 309 g/mol. The molecule has 0 amide bonds. The summed E-state index contributed by atoms with van der Waals surface area (Å²) >= 11 is 0. The van der Waals surface area contributed by atoms with Crippen molar-refractivity contribution in [3.63, 3.8) is 0 Å². The van der Waals surface area contributed by atoms with E-state index < -0.39 is 0 Å². The summed E-state index contributed by atoms with van der Waals surface area (Å²) in [7, 11) is 1.78. The number of hydrogen-bond acceptors (Lipinski definition) is 7. The van der Waals surface area contributed by atoms with Crippen LogP contribution in [0.25, 0.3) is 11.4 Å². The average molecular weight is 309 g/mol. The Morgan fingerprint density at radius 2 is 2.09 bits per heavy atom. The molecule has 0 fully saturated rings. The first kappa shape index (κ1) is 14.6. The zero-order valence-electron chi connectivity index (χ0n) is 12.5. The van der Waals surface area contributed by atoms with Crippen LogP contribution in [0.3, 0.4) is 0 Å². The summed E-state index contributed by atoms with van der Waals surface area (Å²) in [6, 6.07) is 13.0. The maximum absolute atomic E-state index is 5.62. The molecule has 3 aromatic rings. The Balaban J connectivity index is 1.72. The molecule has 2 aromatic heterocycles. The van der Waals surface area contributed by atoms with Crippen molar-refractivity contribution in [1.82, 2.24) is 25.2 Å². The van der Waals surface area contributed by atoms with E-state index in [9.17, 15) is 0 Å². The molecule has 0 unspecified atom stereocenters. The largest absolute Gasteiger partial charge is 0.389 e. The highest BCUT2D eigenvalue weighted by atomic mass is 16.6. The molecule has 0 spiro atoms. The fourth-order valence-corrected chi connectivity index (χ4v) is 2.05. The number of tetrazole rings is 1. The molecule has 2 N–H and O–H groups in total. The Morgan fingerprint density at radius 3 is 2.87 bits per heavy atom. The average Bonchev–Trinajstić information content (AvgIpc) is 2.98. The van der Waals surface area contributed by atoms with Gasteiger partial charge in [0.1, 0.15) is 5.82 Å². The van der Waals surface area contributed by atoms with Crippen LogP contribution < -0.4 is 5.73 Å². The molecule has 1 aromatic carbocycles. The van der Waals surface area contributed by atoms with Crippen molar-refractivity contribution in [2.75, 3.05) is 5.73 Å². The smallest absolute Gasteiger partial charge is 0.182 e. The second-order valence-electron chi connectivity index (χ2n) is 4.78. The van der Waals surface area contributed by atoms with Crippen molar-refractivity contribution in [2.45, 2.75) is 6.61 Å². The molecule has 0 saturated heterocycles. The lowest BCUT2D eigenvalue weighted by molar-refractivity contribution is 0.129. The molecule has 0 atom stereocenters. The summed E-state index contributed by atoms with van der Waals surface area (Å²) in [5.74, 6) is 1.11. The van der Waals surface area contributed by atoms with Gasteiger partial charge >= 0.3 is 0 Å². The molecule has 0 radical (unpaired) electrons. The van der Waals surface area contributed by atoms with Crippen LogP contribution in [-0.4, -0.2) is 31.4 Å². The molecule has 8 nitrogen and oxygen atoms in total. The summed E-state index contributed by atoms with van der Waals surface area (Å²) in [6.45, 7) is 0.245. The van der Waals surface area contributed by atoms with Crippen LogP contribution in [0, 0.1) is 0 Å². The van der Waals surface area contributed by atoms with E-state index in [1.165, 1.54) is 0 Å². The van der Waals surface area contributed by atoms with Gasteiger partial charge in [-0.15, -0.1) is 5.10 Å². The maximum Gasteiger partial charge on any atom is 0.182 e. The van der Waals surface area contributed by atoms with Crippen LogP contribution in [0.4, 0.5) is 5.82 Å². The fraction of sp³-hybridized carbons (Fsp3) is 0.133. The number of aromatic nitrogens is 5. The normalized spacial score (nSPS) is 11.0. The molecule has 23 heavy (non-hydrogen) atoms. The molecule has 0 bridgehead atoms. The lowest BCUT2D eigenvalue weighted by Gasteiger charge is -2.03. The van der Waals surface area contributed by atoms with E-state index in [2.05, 4.69) is 25.7 Å². The molecule has 8 heteroatoms. The minimum Gasteiger partial charge on any atom is -0.389 e. The molecule has 0 aliphatic carbocycles. The number of rotatable bonds is 5. The lowest BCUT2D eigenvalue weighted by atomic mass is 10.1. The third-order valence-corrected chi connectivity index (χ3v) is 3.13. The van der Waals surface area contributed by atoms with Crippen molar-refractivity contribution in [1.29, 1.82) is 0 Å². The first-order valence-electron chi connectivity index (χ1n) is 6.92. The lowest BCUT2D eigenvalue weighted by Crippen LogP contribution is -1.98. The van der Waals surface area contributed by atoms with E-state index >= 15 is 0 Å². The van der Waals surface area contributed by atoms with Gasteiger partial charge in [-0.1, -0.05) is 35.5 Å². The minimum atomic E-state index is 0.245. The number of oxime groups is 1. The van der Waals surface area contributed by atoms with Gasteiger partial charge in [0.2, 0.25) is 0 Å². The summed E-state index contributed by atoms with van der Waals surface area (Å²) in [4.78, 5) is 9.41. The number of nitrogens with two attached hydrogens (primary N) is 1. The van der Waals surface area contributed by atoms with Crippen molar-refractivity contribution in [3.8, 4) is 11.4 Å². The Labute approximate surface area is 132 Å². The quantitative estimate of drug-likeness (QED) is 0.564. The van der Waals surface area contributed by atoms with E-state index in [1.807, 2.05) is 36.4 Å². The van der Waals surface area contributed by atoms with Crippen LogP contribution in [0.2, 0.25) is 0 Å². The second kappa shape index (κ2) is 6.65. The van der Waals surface area contributed by atoms with Crippen molar-refractivity contribution < 1.29 is 4.84 Å². The number of benzene rings is 1. The van der Waals surface area contributed by atoms with Gasteiger partial charge < -0.3 is 10.6 Å². The van der Waals surface area contributed by atoms with E-state index in [-0.39, 0.29) is 6.61 Å². The Kier molecular flexibility index (Phi) is 4.23. The number of hydrogen-bond donors (Lipinski definition) is 1. The number of aryl methyl sites for hydroxylation is 1. The summed E-state index contributed by atoms with van der Waals surface area (Å²) in [5, 5.41) is 15.5. The molecule has 2 heterocycles. The Bertz CT molecular complexity index is 828. The first-order chi connectivity index (χ1) is 11.2. The molecule has 116 valence electrons. The van der Waals surface area contributed by atoms with Crippen LogP contribution >= 0.6 is 0 Å². The minimum absolute atomic E-state index is 0.245. The van der Waals surface area contributed by atoms with Crippen molar-refractivity contribution >= 4 is 12.0 Å². The van der Waals surface area contributed by atoms with Gasteiger partial charge in [0.05, 0.1) is 11.9 Å². The molecule has 0 aliphatic rings. The Morgan fingerprint density at radius 1 is 1.22 bits per heavy atom. The maximum atomic E-state index is 5.62. The predicted octanol–water partition coefficient (Wildman–Crippen LogP) is 1.40. The molecular formula is C15H15N7O. The third kappa shape index (κ3) is 3.49. The van der Waals surface area contributed by atoms with Gasteiger partial charge in [-0.25, -0.2) is 9.67 Å². The van der Waals surface area contributed by atoms with E-state index in [0.29, 0.717) is 17.3 Å². The third-order valence-electron chi connectivity index (χ3n) is 3.13. The van der Waals surface area contributed by atoms with E-state index in [1.54, 1.807) is 24.0 Å². The van der Waals surface area contributed by atoms with Gasteiger partial charge in [0.25, 0.3) is 0 Å². The van der Waals surface area contributed by atoms with Crippen LogP contribution in [-0.2, 0) is 18.5 Å². The molecular weight excluding hydrogens is 294 g/mol. The predicted molar refractivity (Wildman–Crippen MR) is 85.3 cm³/mol. The number of nitrogen functional groups attached to an aromatic ring is 1. The van der Waals surface area contributed by atoms with E-state index in [0.717, 1.165) is 11.1 Å². The van der Waals surface area contributed by atoms with Gasteiger partial charge in [-0.3, -0.25) is 0 Å². The molecule has 0 saturated carbocycles. The number of pyridine rings is 1. The highest BCUT2D eigenvalue weighted by molar-refractivity contribution is 5.88. The standard InChI is InChI=1S/C15H15N7O/c1-22-15(19-20-21-22)13-7-3-2-5-11(13)9-17-23-10-12-6-4-8-14(16)18-12/h2-9H,10H2,1H3,(H2,16,18)/b17-9-. The number of anilines is 1. The second-order valence-corrected chi connectivity index (χ2v) is 4.78. The van der Waals surface area contributed by atoms with Gasteiger partial charge in [0, 0.05) is 18.2 Å². The molecule has 0 aliphatic heterocycles. The van der Waals surface area contributed by atoms with Crippen LogP contribution in [0.5, 0.6) is 0 Å². The highest BCUT2D eigenvalue weighted by Gasteiger charge is 2.09. The van der Waals surface area contributed by atoms with Gasteiger partial charge in [-0.2, -0.15) is 0 Å². The van der Waals surface area contributed by atoms with Crippen molar-refractivity contribution in [3.05, 3.63) is 53.7 Å². The Hall–Kier alpha value is -3.29. The fourth-order valence-electron chi connectivity index (χ4n) is 2.05. The summed E-state index contributed by atoms with van der Waals surface area (Å²) in [6.07, 6.45) is 1.62. The zero-order valence-corrected chi connectivity index (χ0v) is 12.5. The van der Waals surface area contributed by atoms with Gasteiger partial charge in [0.15, 0.2) is 12.4 Å². The van der Waals surface area contributed by atoms with Crippen molar-refractivity contribution in [2.24, 2.45) is 12.2 Å². The summed E-state index contributed by atoms with van der Waals surface area (Å²) < 4.78 is 1.60. The highest BCUT2D eigenvalue weighted by Crippen LogP contribution is 2.18. The number of nitrogens with zero attached hydrogens (tertiary/aromatic N) is 6. The summed E-state index contributed by atoms with van der Waals surface area (Å²) in [5.41, 5.74) is 8.05. The van der Waals surface area contributed by atoms with Crippen LogP contribution in [0.15, 0.2) is 47.6 Å². The SMILES string of the molecule is Cn1nnnc1-c1ccccc1/C=N\OCc1cccc(N)n1.